The Morgan fingerprint density at radius 3 is 2.95 bits per heavy atom. The van der Waals surface area contributed by atoms with Crippen molar-refractivity contribution in [3.8, 4) is 0 Å². The number of hydrogen-bond acceptors (Lipinski definition) is 7. The largest absolute Gasteiger partial charge is 0.462 e. The molecule has 2 aromatic heterocycles. The molecule has 0 aromatic carbocycles. The molecule has 7 nitrogen and oxygen atoms in total. The van der Waals surface area contributed by atoms with Crippen LogP contribution in [0.2, 0.25) is 0 Å². The van der Waals surface area contributed by atoms with Crippen molar-refractivity contribution in [2.45, 2.75) is 20.4 Å². The molecule has 0 spiro atoms. The first-order valence-corrected chi connectivity index (χ1v) is 6.55. The van der Waals surface area contributed by atoms with Gasteiger partial charge in [-0.25, -0.2) is 19.7 Å². The third kappa shape index (κ3) is 3.88. The average Bonchev–Trinajstić information content (AvgIpc) is 2.46. The molecule has 0 bridgehead atoms. The lowest BCUT2D eigenvalue weighted by atomic mass is 10.2. The number of nitrogens with two attached hydrogens (primary N) is 1. The Bertz CT molecular complexity index is 645. The molecule has 0 unspecified atom stereocenters. The summed E-state index contributed by atoms with van der Waals surface area (Å²) < 4.78 is 4.95. The molecule has 0 atom stereocenters. The van der Waals surface area contributed by atoms with E-state index in [0.29, 0.717) is 30.4 Å². The normalized spacial score (nSPS) is 10.2. The molecule has 21 heavy (non-hydrogen) atoms. The third-order valence-electron chi connectivity index (χ3n) is 2.71. The van der Waals surface area contributed by atoms with E-state index in [9.17, 15) is 4.79 Å². The molecule has 0 saturated carbocycles. The van der Waals surface area contributed by atoms with Crippen molar-refractivity contribution in [2.24, 2.45) is 0 Å². The van der Waals surface area contributed by atoms with Crippen molar-refractivity contribution in [2.75, 3.05) is 17.7 Å². The summed E-state index contributed by atoms with van der Waals surface area (Å²) in [5, 5.41) is 3.09. The first kappa shape index (κ1) is 14.7. The maximum absolute atomic E-state index is 11.8. The Hall–Kier alpha value is -2.70. The van der Waals surface area contributed by atoms with Gasteiger partial charge in [0.15, 0.2) is 0 Å². The van der Waals surface area contributed by atoms with Gasteiger partial charge in [0.25, 0.3) is 0 Å². The minimum absolute atomic E-state index is 0.289. The van der Waals surface area contributed by atoms with Gasteiger partial charge in [0.05, 0.1) is 36.3 Å². The highest BCUT2D eigenvalue weighted by molar-refractivity contribution is 5.95. The maximum atomic E-state index is 11.8. The van der Waals surface area contributed by atoms with E-state index in [2.05, 4.69) is 20.3 Å². The molecule has 3 N–H and O–H groups in total. The molecule has 2 rings (SSSR count). The van der Waals surface area contributed by atoms with Crippen LogP contribution in [-0.4, -0.2) is 27.5 Å². The fourth-order valence-corrected chi connectivity index (χ4v) is 1.73. The predicted molar refractivity (Wildman–Crippen MR) is 78.7 cm³/mol. The van der Waals surface area contributed by atoms with Crippen molar-refractivity contribution in [3.63, 3.8) is 0 Å². The van der Waals surface area contributed by atoms with Crippen molar-refractivity contribution in [1.29, 1.82) is 0 Å². The number of nitrogens with zero attached hydrogens (tertiary/aromatic N) is 3. The Balaban J connectivity index is 2.10. The zero-order valence-electron chi connectivity index (χ0n) is 12.0. The van der Waals surface area contributed by atoms with Crippen molar-refractivity contribution in [3.05, 3.63) is 41.6 Å². The van der Waals surface area contributed by atoms with Gasteiger partial charge in [0.1, 0.15) is 11.6 Å². The quantitative estimate of drug-likeness (QED) is 0.804. The molecule has 0 aliphatic heterocycles. The Labute approximate surface area is 122 Å². The number of pyridine rings is 1. The standard InChI is InChI=1S/C14H17N5O2/c1-3-21-14(20)11-6-13(18-8-12(11)15)17-7-10-4-5-16-9(2)19-10/h4-6,8H,3,7,15H2,1-2H3,(H,17,18). The molecule has 0 radical (unpaired) electrons. The number of carbonyl (C=O) groups excluding carboxylic acids is 1. The van der Waals surface area contributed by atoms with E-state index in [1.807, 2.05) is 13.0 Å². The molecule has 0 saturated heterocycles. The maximum Gasteiger partial charge on any atom is 0.340 e. The second-order valence-corrected chi connectivity index (χ2v) is 4.33. The Morgan fingerprint density at radius 2 is 2.24 bits per heavy atom. The summed E-state index contributed by atoms with van der Waals surface area (Å²) >= 11 is 0. The summed E-state index contributed by atoms with van der Waals surface area (Å²) in [6, 6.07) is 3.38. The molecule has 110 valence electrons. The van der Waals surface area contributed by atoms with Crippen LogP contribution in [0.3, 0.4) is 0 Å². The minimum atomic E-state index is -0.460. The summed E-state index contributed by atoms with van der Waals surface area (Å²) in [5.74, 6) is 0.772. The van der Waals surface area contributed by atoms with E-state index in [4.69, 9.17) is 10.5 Å². The van der Waals surface area contributed by atoms with Gasteiger partial charge in [0.2, 0.25) is 0 Å². The van der Waals surface area contributed by atoms with Crippen molar-refractivity contribution in [1.82, 2.24) is 15.0 Å². The fourth-order valence-electron chi connectivity index (χ4n) is 1.73. The zero-order valence-corrected chi connectivity index (χ0v) is 12.0. The van der Waals surface area contributed by atoms with E-state index >= 15 is 0 Å². The number of aryl methyl sites for hydroxylation is 1. The first-order valence-electron chi connectivity index (χ1n) is 6.55. The molecular weight excluding hydrogens is 270 g/mol. The topological polar surface area (TPSA) is 103 Å². The second-order valence-electron chi connectivity index (χ2n) is 4.33. The number of rotatable bonds is 5. The number of ether oxygens (including phenoxy) is 1. The van der Waals surface area contributed by atoms with Gasteiger partial charge in [-0.05, 0) is 26.0 Å². The molecular formula is C14H17N5O2. The lowest BCUT2D eigenvalue weighted by molar-refractivity contribution is 0.0527. The van der Waals surface area contributed by atoms with Crippen LogP contribution in [0, 0.1) is 6.92 Å². The van der Waals surface area contributed by atoms with Gasteiger partial charge < -0.3 is 15.8 Å². The fraction of sp³-hybridized carbons (Fsp3) is 0.286. The predicted octanol–water partition coefficient (Wildman–Crippen LogP) is 1.55. The smallest absolute Gasteiger partial charge is 0.340 e. The zero-order chi connectivity index (χ0) is 15.2. The molecule has 0 aliphatic rings. The lowest BCUT2D eigenvalue weighted by Crippen LogP contribution is -2.11. The van der Waals surface area contributed by atoms with Crippen LogP contribution in [0.25, 0.3) is 0 Å². The SMILES string of the molecule is CCOC(=O)c1cc(NCc2ccnc(C)n2)ncc1N. The molecule has 0 fully saturated rings. The summed E-state index contributed by atoms with van der Waals surface area (Å²) in [7, 11) is 0. The van der Waals surface area contributed by atoms with E-state index in [0.717, 1.165) is 5.69 Å². The van der Waals surface area contributed by atoms with E-state index < -0.39 is 5.97 Å². The van der Waals surface area contributed by atoms with E-state index in [1.54, 1.807) is 19.2 Å². The molecule has 0 amide bonds. The van der Waals surface area contributed by atoms with Crippen LogP contribution in [0.5, 0.6) is 0 Å². The molecule has 0 aliphatic carbocycles. The van der Waals surface area contributed by atoms with Crippen LogP contribution >= 0.6 is 0 Å². The number of hydrogen-bond donors (Lipinski definition) is 2. The number of nitrogen functional groups attached to an aromatic ring is 1. The van der Waals surface area contributed by atoms with Crippen molar-refractivity contribution >= 4 is 17.5 Å². The van der Waals surface area contributed by atoms with Crippen LogP contribution < -0.4 is 11.1 Å². The highest BCUT2D eigenvalue weighted by Crippen LogP contribution is 2.16. The van der Waals surface area contributed by atoms with Crippen LogP contribution in [0.1, 0.15) is 28.8 Å². The highest BCUT2D eigenvalue weighted by Gasteiger charge is 2.12. The van der Waals surface area contributed by atoms with E-state index in [1.165, 1.54) is 6.20 Å². The summed E-state index contributed by atoms with van der Waals surface area (Å²) in [5.41, 5.74) is 7.16. The number of aromatic nitrogens is 3. The van der Waals surface area contributed by atoms with Crippen LogP contribution in [0.15, 0.2) is 24.5 Å². The number of nitrogens with one attached hydrogen (secondary N) is 1. The molecule has 7 heteroatoms. The average molecular weight is 287 g/mol. The van der Waals surface area contributed by atoms with Gasteiger partial charge in [-0.15, -0.1) is 0 Å². The second kappa shape index (κ2) is 6.65. The lowest BCUT2D eigenvalue weighted by Gasteiger charge is -2.09. The summed E-state index contributed by atoms with van der Waals surface area (Å²) in [6.07, 6.45) is 3.12. The Morgan fingerprint density at radius 1 is 1.43 bits per heavy atom. The Kier molecular flexibility index (Phi) is 4.65. The first-order chi connectivity index (χ1) is 10.1. The third-order valence-corrected chi connectivity index (χ3v) is 2.71. The van der Waals surface area contributed by atoms with Gasteiger partial charge in [-0.2, -0.15) is 0 Å². The number of anilines is 2. The number of esters is 1. The van der Waals surface area contributed by atoms with Crippen LogP contribution in [-0.2, 0) is 11.3 Å². The van der Waals surface area contributed by atoms with Gasteiger partial charge >= 0.3 is 5.97 Å². The highest BCUT2D eigenvalue weighted by atomic mass is 16.5. The van der Waals surface area contributed by atoms with Crippen LogP contribution in [0.4, 0.5) is 11.5 Å². The monoisotopic (exact) mass is 287 g/mol. The van der Waals surface area contributed by atoms with Gasteiger partial charge in [-0.1, -0.05) is 0 Å². The molecule has 2 aromatic rings. The molecule has 2 heterocycles. The van der Waals surface area contributed by atoms with Crippen molar-refractivity contribution < 1.29 is 9.53 Å². The minimum Gasteiger partial charge on any atom is -0.462 e. The summed E-state index contributed by atoms with van der Waals surface area (Å²) in [6.45, 7) is 4.34. The van der Waals surface area contributed by atoms with E-state index in [-0.39, 0.29) is 5.69 Å². The van der Waals surface area contributed by atoms with Gasteiger partial charge in [-0.3, -0.25) is 0 Å². The number of carbonyl (C=O) groups is 1. The van der Waals surface area contributed by atoms with Gasteiger partial charge in [0, 0.05) is 6.20 Å². The summed E-state index contributed by atoms with van der Waals surface area (Å²) in [4.78, 5) is 24.2.